The van der Waals surface area contributed by atoms with Gasteiger partial charge in [-0.15, -0.1) is 0 Å². The summed E-state index contributed by atoms with van der Waals surface area (Å²) in [7, 11) is 1.68. The summed E-state index contributed by atoms with van der Waals surface area (Å²) in [6, 6.07) is 6.20. The molecule has 1 aromatic rings. The SMILES string of the molecule is COc1ccc2c(c1)C(NCC1COC(C)(C)O1)CCO2. The summed E-state index contributed by atoms with van der Waals surface area (Å²) in [6.07, 6.45) is 1.04. The van der Waals surface area contributed by atoms with E-state index in [4.69, 9.17) is 18.9 Å². The monoisotopic (exact) mass is 293 g/mol. The van der Waals surface area contributed by atoms with Gasteiger partial charge in [-0.25, -0.2) is 0 Å². The fourth-order valence-corrected chi connectivity index (χ4v) is 2.85. The first kappa shape index (κ1) is 14.6. The number of hydrogen-bond donors (Lipinski definition) is 1. The van der Waals surface area contributed by atoms with Crippen molar-refractivity contribution in [2.75, 3.05) is 26.9 Å². The number of hydrogen-bond acceptors (Lipinski definition) is 5. The summed E-state index contributed by atoms with van der Waals surface area (Å²) in [4.78, 5) is 0. The minimum absolute atomic E-state index is 0.0944. The zero-order valence-corrected chi connectivity index (χ0v) is 12.8. The molecule has 2 heterocycles. The van der Waals surface area contributed by atoms with E-state index >= 15 is 0 Å². The first-order valence-electron chi connectivity index (χ1n) is 7.43. The van der Waals surface area contributed by atoms with Crippen LogP contribution in [0.15, 0.2) is 18.2 Å². The molecule has 5 heteroatoms. The number of benzene rings is 1. The van der Waals surface area contributed by atoms with Crippen molar-refractivity contribution in [2.45, 2.75) is 38.2 Å². The third-order valence-corrected chi connectivity index (χ3v) is 3.92. The van der Waals surface area contributed by atoms with Crippen LogP contribution in [0.2, 0.25) is 0 Å². The van der Waals surface area contributed by atoms with Crippen molar-refractivity contribution in [2.24, 2.45) is 0 Å². The van der Waals surface area contributed by atoms with E-state index in [2.05, 4.69) is 5.32 Å². The van der Waals surface area contributed by atoms with Gasteiger partial charge in [-0.3, -0.25) is 0 Å². The first-order chi connectivity index (χ1) is 10.1. The lowest BCUT2D eigenvalue weighted by atomic mass is 10.00. The van der Waals surface area contributed by atoms with Gasteiger partial charge in [0, 0.05) is 24.6 Å². The number of rotatable bonds is 4. The third kappa shape index (κ3) is 3.31. The van der Waals surface area contributed by atoms with Gasteiger partial charge in [-0.2, -0.15) is 0 Å². The molecule has 1 N–H and O–H groups in total. The quantitative estimate of drug-likeness (QED) is 0.923. The lowest BCUT2D eigenvalue weighted by Crippen LogP contribution is -2.35. The zero-order valence-electron chi connectivity index (χ0n) is 12.8. The third-order valence-electron chi connectivity index (χ3n) is 3.92. The molecule has 3 rings (SSSR count). The molecule has 0 spiro atoms. The molecule has 21 heavy (non-hydrogen) atoms. The highest BCUT2D eigenvalue weighted by Crippen LogP contribution is 2.35. The van der Waals surface area contributed by atoms with Crippen molar-refractivity contribution in [3.63, 3.8) is 0 Å². The number of methoxy groups -OCH3 is 1. The highest BCUT2D eigenvalue weighted by molar-refractivity contribution is 5.43. The Hall–Kier alpha value is -1.30. The highest BCUT2D eigenvalue weighted by Gasteiger charge is 2.33. The lowest BCUT2D eigenvalue weighted by molar-refractivity contribution is -0.137. The topological polar surface area (TPSA) is 49.0 Å². The van der Waals surface area contributed by atoms with Crippen molar-refractivity contribution >= 4 is 0 Å². The van der Waals surface area contributed by atoms with Crippen LogP contribution < -0.4 is 14.8 Å². The van der Waals surface area contributed by atoms with Crippen LogP contribution in [0.3, 0.4) is 0 Å². The minimum atomic E-state index is -0.469. The van der Waals surface area contributed by atoms with Gasteiger partial charge in [0.15, 0.2) is 5.79 Å². The van der Waals surface area contributed by atoms with E-state index in [0.29, 0.717) is 6.61 Å². The van der Waals surface area contributed by atoms with Gasteiger partial charge in [0.05, 0.1) is 26.4 Å². The normalized spacial score (nSPS) is 27.0. The van der Waals surface area contributed by atoms with Gasteiger partial charge in [-0.1, -0.05) is 0 Å². The zero-order chi connectivity index (χ0) is 14.9. The first-order valence-corrected chi connectivity index (χ1v) is 7.43. The van der Waals surface area contributed by atoms with E-state index < -0.39 is 5.79 Å². The van der Waals surface area contributed by atoms with Crippen LogP contribution in [0.4, 0.5) is 0 Å². The molecule has 1 saturated heterocycles. The molecule has 2 unspecified atom stereocenters. The van der Waals surface area contributed by atoms with Crippen LogP contribution in [0.1, 0.15) is 31.9 Å². The summed E-state index contributed by atoms with van der Waals surface area (Å²) < 4.78 is 22.4. The van der Waals surface area contributed by atoms with Gasteiger partial charge in [0.25, 0.3) is 0 Å². The number of fused-ring (bicyclic) bond motifs is 1. The predicted octanol–water partition coefficient (Wildman–Crippen LogP) is 2.26. The molecule has 0 aliphatic carbocycles. The summed E-state index contributed by atoms with van der Waals surface area (Å²) in [6.45, 7) is 6.02. The molecule has 2 aliphatic rings. The summed E-state index contributed by atoms with van der Waals surface area (Å²) in [5.74, 6) is 1.32. The Labute approximate surface area is 125 Å². The molecule has 0 bridgehead atoms. The van der Waals surface area contributed by atoms with Crippen molar-refractivity contribution in [1.82, 2.24) is 5.32 Å². The maximum atomic E-state index is 5.83. The average molecular weight is 293 g/mol. The van der Waals surface area contributed by atoms with Gasteiger partial charge in [-0.05, 0) is 32.0 Å². The Morgan fingerprint density at radius 2 is 2.24 bits per heavy atom. The summed E-state index contributed by atoms with van der Waals surface area (Å²) >= 11 is 0. The van der Waals surface area contributed by atoms with E-state index in [1.54, 1.807) is 7.11 Å². The second-order valence-corrected chi connectivity index (χ2v) is 5.95. The molecular formula is C16H23NO4. The predicted molar refractivity (Wildman–Crippen MR) is 78.8 cm³/mol. The van der Waals surface area contributed by atoms with Crippen LogP contribution in [-0.4, -0.2) is 38.8 Å². The van der Waals surface area contributed by atoms with E-state index in [0.717, 1.165) is 36.6 Å². The van der Waals surface area contributed by atoms with Crippen LogP contribution >= 0.6 is 0 Å². The molecule has 0 radical (unpaired) electrons. The maximum absolute atomic E-state index is 5.83. The Morgan fingerprint density at radius 1 is 1.38 bits per heavy atom. The second-order valence-electron chi connectivity index (χ2n) is 5.95. The molecular weight excluding hydrogens is 270 g/mol. The van der Waals surface area contributed by atoms with E-state index in [1.807, 2.05) is 32.0 Å². The minimum Gasteiger partial charge on any atom is -0.497 e. The fourth-order valence-electron chi connectivity index (χ4n) is 2.85. The van der Waals surface area contributed by atoms with Crippen LogP contribution in [0.5, 0.6) is 11.5 Å². The van der Waals surface area contributed by atoms with Crippen molar-refractivity contribution in [3.8, 4) is 11.5 Å². The largest absolute Gasteiger partial charge is 0.497 e. The Morgan fingerprint density at radius 3 is 2.95 bits per heavy atom. The number of nitrogens with one attached hydrogen (secondary N) is 1. The Balaban J connectivity index is 1.65. The second kappa shape index (κ2) is 5.83. The molecule has 0 aromatic heterocycles. The molecule has 5 nitrogen and oxygen atoms in total. The summed E-state index contributed by atoms with van der Waals surface area (Å²) in [5, 5.41) is 3.57. The molecule has 1 fully saturated rings. The van der Waals surface area contributed by atoms with Crippen molar-refractivity contribution in [3.05, 3.63) is 23.8 Å². The average Bonchev–Trinajstić information content (AvgIpc) is 2.83. The molecule has 0 amide bonds. The molecule has 0 saturated carbocycles. The van der Waals surface area contributed by atoms with E-state index in [-0.39, 0.29) is 12.1 Å². The standard InChI is InChI=1S/C16H23NO4/c1-16(2)20-10-12(21-16)9-17-14-6-7-19-15-5-4-11(18-3)8-13(14)15/h4-5,8,12,14,17H,6-7,9-10H2,1-3H3. The fraction of sp³-hybridized carbons (Fsp3) is 0.625. The number of ether oxygens (including phenoxy) is 4. The van der Waals surface area contributed by atoms with Crippen LogP contribution in [-0.2, 0) is 9.47 Å². The van der Waals surface area contributed by atoms with Gasteiger partial charge in [0.1, 0.15) is 11.5 Å². The van der Waals surface area contributed by atoms with Gasteiger partial charge >= 0.3 is 0 Å². The molecule has 116 valence electrons. The van der Waals surface area contributed by atoms with Crippen LogP contribution in [0.25, 0.3) is 0 Å². The van der Waals surface area contributed by atoms with E-state index in [9.17, 15) is 0 Å². The maximum Gasteiger partial charge on any atom is 0.163 e. The summed E-state index contributed by atoms with van der Waals surface area (Å²) in [5.41, 5.74) is 1.15. The molecule has 2 aliphatic heterocycles. The van der Waals surface area contributed by atoms with E-state index in [1.165, 1.54) is 0 Å². The molecule has 2 atom stereocenters. The lowest BCUT2D eigenvalue weighted by Gasteiger charge is -2.28. The highest BCUT2D eigenvalue weighted by atomic mass is 16.7. The van der Waals surface area contributed by atoms with Gasteiger partial charge < -0.3 is 24.3 Å². The smallest absolute Gasteiger partial charge is 0.163 e. The Kier molecular flexibility index (Phi) is 4.06. The molecule has 1 aromatic carbocycles. The van der Waals surface area contributed by atoms with Crippen molar-refractivity contribution in [1.29, 1.82) is 0 Å². The van der Waals surface area contributed by atoms with Crippen molar-refractivity contribution < 1.29 is 18.9 Å². The Bertz CT molecular complexity index is 503. The van der Waals surface area contributed by atoms with Crippen LogP contribution in [0, 0.1) is 0 Å². The van der Waals surface area contributed by atoms with Gasteiger partial charge in [0.2, 0.25) is 0 Å².